The molecule has 0 radical (unpaired) electrons. The van der Waals surface area contributed by atoms with Gasteiger partial charge >= 0.3 is 5.97 Å². The molecule has 2 aromatic rings. The van der Waals surface area contributed by atoms with Gasteiger partial charge in [0.25, 0.3) is 5.91 Å². The summed E-state index contributed by atoms with van der Waals surface area (Å²) in [6.45, 7) is 2.07. The molecular formula is C17H15BrN2O3S. The molecule has 0 aliphatic heterocycles. The maximum absolute atomic E-state index is 12.2. The van der Waals surface area contributed by atoms with Crippen molar-refractivity contribution in [2.45, 2.75) is 6.92 Å². The van der Waals surface area contributed by atoms with E-state index in [1.807, 2.05) is 6.07 Å². The van der Waals surface area contributed by atoms with Crippen molar-refractivity contribution in [3.63, 3.8) is 0 Å². The molecule has 0 saturated heterocycles. The fraction of sp³-hybridized carbons (Fsp3) is 0.118. The number of hydrogen-bond donors (Lipinski definition) is 2. The monoisotopic (exact) mass is 406 g/mol. The zero-order valence-electron chi connectivity index (χ0n) is 12.8. The average Bonchev–Trinajstić information content (AvgIpc) is 2.56. The second kappa shape index (κ2) is 8.56. The summed E-state index contributed by atoms with van der Waals surface area (Å²) in [6.07, 6.45) is 0. The standard InChI is InChI=1S/C17H15BrN2O3S/c1-2-23-16(22)11-7-9-12(10-8-11)19-17(24)20-15(21)13-5-3-4-6-14(13)18/h3-10H,2H2,1H3,(H2,19,20,21,24). The van der Waals surface area contributed by atoms with Crippen molar-refractivity contribution in [2.75, 3.05) is 11.9 Å². The van der Waals surface area contributed by atoms with E-state index in [1.165, 1.54) is 0 Å². The summed E-state index contributed by atoms with van der Waals surface area (Å²) in [5.41, 5.74) is 1.59. The van der Waals surface area contributed by atoms with Gasteiger partial charge in [-0.3, -0.25) is 10.1 Å². The van der Waals surface area contributed by atoms with Crippen LogP contribution in [0.15, 0.2) is 53.0 Å². The van der Waals surface area contributed by atoms with Crippen LogP contribution in [0, 0.1) is 0 Å². The smallest absolute Gasteiger partial charge is 0.338 e. The Bertz CT molecular complexity index is 763. The minimum absolute atomic E-state index is 0.166. The number of carbonyl (C=O) groups excluding carboxylic acids is 2. The van der Waals surface area contributed by atoms with Gasteiger partial charge in [-0.1, -0.05) is 12.1 Å². The van der Waals surface area contributed by atoms with Crippen LogP contribution in [0.3, 0.4) is 0 Å². The zero-order chi connectivity index (χ0) is 17.5. The summed E-state index contributed by atoms with van der Waals surface area (Å²) < 4.78 is 5.60. The van der Waals surface area contributed by atoms with E-state index in [9.17, 15) is 9.59 Å². The number of amides is 1. The van der Waals surface area contributed by atoms with Gasteiger partial charge in [0.05, 0.1) is 17.7 Å². The highest BCUT2D eigenvalue weighted by molar-refractivity contribution is 9.10. The van der Waals surface area contributed by atoms with E-state index in [-0.39, 0.29) is 17.0 Å². The van der Waals surface area contributed by atoms with Crippen molar-refractivity contribution >= 4 is 50.8 Å². The summed E-state index contributed by atoms with van der Waals surface area (Å²) in [5, 5.41) is 5.66. The lowest BCUT2D eigenvalue weighted by Crippen LogP contribution is -2.34. The molecule has 1 amide bonds. The van der Waals surface area contributed by atoms with Gasteiger partial charge in [-0.25, -0.2) is 4.79 Å². The fourth-order valence-electron chi connectivity index (χ4n) is 1.88. The van der Waals surface area contributed by atoms with Gasteiger partial charge in [-0.2, -0.15) is 0 Å². The minimum atomic E-state index is -0.381. The molecule has 0 atom stereocenters. The maximum atomic E-state index is 12.2. The van der Waals surface area contributed by atoms with Crippen LogP contribution in [0.5, 0.6) is 0 Å². The largest absolute Gasteiger partial charge is 0.462 e. The Balaban J connectivity index is 1.96. The van der Waals surface area contributed by atoms with Gasteiger partial charge in [0.1, 0.15) is 0 Å². The summed E-state index contributed by atoms with van der Waals surface area (Å²) in [5.74, 6) is -0.697. The van der Waals surface area contributed by atoms with E-state index >= 15 is 0 Å². The number of ether oxygens (including phenoxy) is 1. The number of halogens is 1. The van der Waals surface area contributed by atoms with E-state index in [1.54, 1.807) is 49.4 Å². The second-order valence-electron chi connectivity index (χ2n) is 4.69. The number of carbonyl (C=O) groups is 2. The molecule has 7 heteroatoms. The van der Waals surface area contributed by atoms with Gasteiger partial charge in [-0.15, -0.1) is 0 Å². The molecule has 124 valence electrons. The van der Waals surface area contributed by atoms with E-state index in [2.05, 4.69) is 26.6 Å². The lowest BCUT2D eigenvalue weighted by Gasteiger charge is -2.10. The van der Waals surface area contributed by atoms with Gasteiger partial charge < -0.3 is 10.1 Å². The first-order valence-corrected chi connectivity index (χ1v) is 8.35. The predicted molar refractivity (Wildman–Crippen MR) is 100 cm³/mol. The third-order valence-corrected chi connectivity index (χ3v) is 3.90. The Morgan fingerprint density at radius 3 is 2.42 bits per heavy atom. The topological polar surface area (TPSA) is 67.4 Å². The third-order valence-electron chi connectivity index (χ3n) is 3.00. The number of benzene rings is 2. The van der Waals surface area contributed by atoms with Gasteiger partial charge in [-0.05, 0) is 71.5 Å². The normalized spacial score (nSPS) is 9.92. The van der Waals surface area contributed by atoms with Crippen molar-refractivity contribution in [3.8, 4) is 0 Å². The molecule has 0 aliphatic rings. The first-order valence-electron chi connectivity index (χ1n) is 7.15. The van der Waals surface area contributed by atoms with Crippen molar-refractivity contribution in [3.05, 3.63) is 64.1 Å². The van der Waals surface area contributed by atoms with Crippen molar-refractivity contribution in [1.29, 1.82) is 0 Å². The molecule has 2 aromatic carbocycles. The van der Waals surface area contributed by atoms with Crippen molar-refractivity contribution < 1.29 is 14.3 Å². The van der Waals surface area contributed by atoms with Crippen LogP contribution in [0.25, 0.3) is 0 Å². The Hall–Kier alpha value is -2.25. The minimum Gasteiger partial charge on any atom is -0.462 e. The number of rotatable bonds is 4. The van der Waals surface area contributed by atoms with E-state index in [0.717, 1.165) is 0 Å². The molecule has 0 bridgehead atoms. The number of thiocarbonyl (C=S) groups is 1. The molecule has 2 N–H and O–H groups in total. The molecule has 2 rings (SSSR count). The van der Waals surface area contributed by atoms with Crippen LogP contribution in [0.2, 0.25) is 0 Å². The Labute approximate surface area is 153 Å². The predicted octanol–water partition coefficient (Wildman–Crippen LogP) is 3.75. The van der Waals surface area contributed by atoms with Crippen LogP contribution in [0.1, 0.15) is 27.6 Å². The summed E-state index contributed by atoms with van der Waals surface area (Å²) >= 11 is 8.45. The van der Waals surface area contributed by atoms with Crippen LogP contribution >= 0.6 is 28.1 Å². The lowest BCUT2D eigenvalue weighted by atomic mass is 10.2. The molecule has 0 aromatic heterocycles. The Kier molecular flexibility index (Phi) is 6.45. The molecular weight excluding hydrogens is 392 g/mol. The molecule has 0 saturated carbocycles. The highest BCUT2D eigenvalue weighted by atomic mass is 79.9. The van der Waals surface area contributed by atoms with E-state index in [4.69, 9.17) is 17.0 Å². The number of nitrogens with one attached hydrogen (secondary N) is 2. The third kappa shape index (κ3) is 4.87. The molecule has 0 aliphatic carbocycles. The maximum Gasteiger partial charge on any atom is 0.338 e. The van der Waals surface area contributed by atoms with E-state index in [0.29, 0.717) is 27.9 Å². The van der Waals surface area contributed by atoms with Gasteiger partial charge in [0, 0.05) is 10.2 Å². The molecule has 0 unspecified atom stereocenters. The van der Waals surface area contributed by atoms with E-state index < -0.39 is 0 Å². The Morgan fingerprint density at radius 2 is 1.79 bits per heavy atom. The second-order valence-corrected chi connectivity index (χ2v) is 5.95. The number of esters is 1. The Morgan fingerprint density at radius 1 is 1.12 bits per heavy atom. The molecule has 24 heavy (non-hydrogen) atoms. The fourth-order valence-corrected chi connectivity index (χ4v) is 2.56. The van der Waals surface area contributed by atoms with Crippen molar-refractivity contribution in [2.24, 2.45) is 0 Å². The molecule has 5 nitrogen and oxygen atoms in total. The number of hydrogen-bond acceptors (Lipinski definition) is 4. The van der Waals surface area contributed by atoms with Crippen LogP contribution in [0.4, 0.5) is 5.69 Å². The first-order chi connectivity index (χ1) is 11.5. The lowest BCUT2D eigenvalue weighted by molar-refractivity contribution is 0.0526. The highest BCUT2D eigenvalue weighted by Gasteiger charge is 2.11. The number of anilines is 1. The highest BCUT2D eigenvalue weighted by Crippen LogP contribution is 2.16. The summed E-state index contributed by atoms with van der Waals surface area (Å²) in [4.78, 5) is 23.7. The molecule has 0 fully saturated rings. The zero-order valence-corrected chi connectivity index (χ0v) is 15.2. The van der Waals surface area contributed by atoms with Gasteiger partial charge in [0.15, 0.2) is 5.11 Å². The summed E-state index contributed by atoms with van der Waals surface area (Å²) in [6, 6.07) is 13.7. The van der Waals surface area contributed by atoms with Gasteiger partial charge in [0.2, 0.25) is 0 Å². The SMILES string of the molecule is CCOC(=O)c1ccc(NC(=S)NC(=O)c2ccccc2Br)cc1. The van der Waals surface area contributed by atoms with Crippen LogP contribution in [-0.4, -0.2) is 23.6 Å². The quantitative estimate of drug-likeness (QED) is 0.597. The van der Waals surface area contributed by atoms with Crippen LogP contribution in [-0.2, 0) is 4.74 Å². The average molecular weight is 407 g/mol. The molecule has 0 heterocycles. The first kappa shape index (κ1) is 18.1. The summed E-state index contributed by atoms with van der Waals surface area (Å²) in [7, 11) is 0. The molecule has 0 spiro atoms. The van der Waals surface area contributed by atoms with Crippen molar-refractivity contribution in [1.82, 2.24) is 5.32 Å². The van der Waals surface area contributed by atoms with Crippen LogP contribution < -0.4 is 10.6 Å².